The number of benzene rings is 4. The lowest BCUT2D eigenvalue weighted by Crippen LogP contribution is -2.32. The second kappa shape index (κ2) is 13.3. The molecule has 1 aliphatic rings. The normalized spacial score (nSPS) is 14.7. The molecule has 0 saturated carbocycles. The lowest BCUT2D eigenvalue weighted by molar-refractivity contribution is -0.139. The summed E-state index contributed by atoms with van der Waals surface area (Å²) in [6.07, 6.45) is 0.751. The Morgan fingerprint density at radius 1 is 1.00 bits per heavy atom. The van der Waals surface area contributed by atoms with Crippen LogP contribution in [-0.4, -0.2) is 37.3 Å². The molecule has 8 nitrogen and oxygen atoms in total. The standard InChI is InChI=1S/C34H34N2O6/c1-40-33(38)19-25-7-2-4-11-31(25)42-21-22-15-26(23-8-6-9-24(17-23)29(35)20-37)18-27(16-22)34(39)36-30-13-14-41-32-12-5-3-10-28(30)32/h2-12,15-18,29-30,37H,13-14,19-21,35H2,1H3,(H,36,39)/t29-,30+/m1/s1. The molecule has 0 spiro atoms. The number of nitrogens with one attached hydrogen (secondary N) is 1. The van der Waals surface area contributed by atoms with Gasteiger partial charge in [0.1, 0.15) is 18.1 Å². The van der Waals surface area contributed by atoms with Crippen LogP contribution in [0.25, 0.3) is 11.1 Å². The number of rotatable bonds is 10. The van der Waals surface area contributed by atoms with Gasteiger partial charge in [0.05, 0.1) is 38.8 Å². The minimum absolute atomic E-state index is 0.0881. The molecule has 0 bridgehead atoms. The molecule has 42 heavy (non-hydrogen) atoms. The minimum Gasteiger partial charge on any atom is -0.493 e. The molecule has 4 N–H and O–H groups in total. The van der Waals surface area contributed by atoms with Crippen LogP contribution in [0.2, 0.25) is 0 Å². The predicted octanol–water partition coefficient (Wildman–Crippen LogP) is 4.89. The fourth-order valence-electron chi connectivity index (χ4n) is 5.04. The molecule has 2 atom stereocenters. The van der Waals surface area contributed by atoms with Crippen molar-refractivity contribution in [2.75, 3.05) is 20.3 Å². The zero-order valence-corrected chi connectivity index (χ0v) is 23.4. The molecule has 0 aliphatic carbocycles. The Hall–Kier alpha value is -4.66. The van der Waals surface area contributed by atoms with Gasteiger partial charge in [0, 0.05) is 23.1 Å². The van der Waals surface area contributed by atoms with Crippen LogP contribution in [-0.2, 0) is 22.6 Å². The van der Waals surface area contributed by atoms with Gasteiger partial charge in [-0.25, -0.2) is 0 Å². The molecule has 5 rings (SSSR count). The number of hydrogen-bond acceptors (Lipinski definition) is 7. The van der Waals surface area contributed by atoms with E-state index in [0.717, 1.165) is 33.6 Å². The summed E-state index contributed by atoms with van der Waals surface area (Å²) in [6, 6.07) is 27.6. The third-order valence-electron chi connectivity index (χ3n) is 7.29. The Balaban J connectivity index is 1.46. The van der Waals surface area contributed by atoms with E-state index in [-0.39, 0.29) is 37.6 Å². The molecule has 216 valence electrons. The number of methoxy groups -OCH3 is 1. The molecule has 8 heteroatoms. The van der Waals surface area contributed by atoms with Crippen molar-refractivity contribution in [2.45, 2.75) is 31.5 Å². The van der Waals surface area contributed by atoms with Gasteiger partial charge >= 0.3 is 5.97 Å². The average Bonchev–Trinajstić information content (AvgIpc) is 3.04. The van der Waals surface area contributed by atoms with E-state index in [1.807, 2.05) is 84.9 Å². The summed E-state index contributed by atoms with van der Waals surface area (Å²) in [5.41, 5.74) is 11.5. The monoisotopic (exact) mass is 566 g/mol. The average molecular weight is 567 g/mol. The van der Waals surface area contributed by atoms with Gasteiger partial charge in [-0.2, -0.15) is 0 Å². The largest absolute Gasteiger partial charge is 0.493 e. The highest BCUT2D eigenvalue weighted by Crippen LogP contribution is 2.32. The minimum atomic E-state index is -0.515. The molecule has 4 aromatic rings. The van der Waals surface area contributed by atoms with Gasteiger partial charge in [-0.15, -0.1) is 0 Å². The first-order chi connectivity index (χ1) is 20.4. The molecular weight excluding hydrogens is 532 g/mol. The molecule has 0 fully saturated rings. The predicted molar refractivity (Wildman–Crippen MR) is 159 cm³/mol. The number of hydrogen-bond donors (Lipinski definition) is 3. The van der Waals surface area contributed by atoms with Crippen LogP contribution in [0.1, 0.15) is 51.1 Å². The second-order valence-corrected chi connectivity index (χ2v) is 10.2. The van der Waals surface area contributed by atoms with Crippen molar-refractivity contribution in [3.8, 4) is 22.6 Å². The summed E-state index contributed by atoms with van der Waals surface area (Å²) >= 11 is 0. The smallest absolute Gasteiger partial charge is 0.310 e. The topological polar surface area (TPSA) is 120 Å². The van der Waals surface area contributed by atoms with Crippen molar-refractivity contribution in [3.63, 3.8) is 0 Å². The first kappa shape index (κ1) is 28.9. The number of carbonyl (C=O) groups is 2. The summed E-state index contributed by atoms with van der Waals surface area (Å²) < 4.78 is 16.8. The van der Waals surface area contributed by atoms with Gasteiger partial charge in [0.15, 0.2) is 0 Å². The van der Waals surface area contributed by atoms with Crippen LogP contribution in [0, 0.1) is 0 Å². The molecular formula is C34H34N2O6. The summed E-state index contributed by atoms with van der Waals surface area (Å²) in [5, 5.41) is 12.8. The van der Waals surface area contributed by atoms with Crippen molar-refractivity contribution >= 4 is 11.9 Å². The Morgan fingerprint density at radius 3 is 2.64 bits per heavy atom. The van der Waals surface area contributed by atoms with Crippen molar-refractivity contribution in [2.24, 2.45) is 5.73 Å². The molecule has 4 aromatic carbocycles. The molecule has 1 amide bonds. The van der Waals surface area contributed by atoms with E-state index in [4.69, 9.17) is 19.9 Å². The fraction of sp³-hybridized carbons (Fsp3) is 0.235. The van der Waals surface area contributed by atoms with Crippen molar-refractivity contribution in [3.05, 3.63) is 119 Å². The number of nitrogens with two attached hydrogens (primary N) is 1. The number of aliphatic hydroxyl groups excluding tert-OH is 1. The lowest BCUT2D eigenvalue weighted by atomic mass is 9.96. The van der Waals surface area contributed by atoms with E-state index in [2.05, 4.69) is 5.32 Å². The van der Waals surface area contributed by atoms with Gasteiger partial charge in [0.25, 0.3) is 5.91 Å². The zero-order valence-electron chi connectivity index (χ0n) is 23.4. The first-order valence-corrected chi connectivity index (χ1v) is 13.9. The Morgan fingerprint density at radius 2 is 1.81 bits per heavy atom. The van der Waals surface area contributed by atoms with E-state index in [0.29, 0.717) is 29.9 Å². The first-order valence-electron chi connectivity index (χ1n) is 13.9. The number of para-hydroxylation sites is 2. The van der Waals surface area contributed by atoms with Crippen LogP contribution in [0.15, 0.2) is 91.0 Å². The maximum absolute atomic E-state index is 13.7. The van der Waals surface area contributed by atoms with E-state index in [1.54, 1.807) is 6.07 Å². The number of fused-ring (bicyclic) bond motifs is 1. The number of carbonyl (C=O) groups excluding carboxylic acids is 2. The third kappa shape index (κ3) is 6.79. The SMILES string of the molecule is COC(=O)Cc1ccccc1OCc1cc(C(=O)N[C@H]2CCOc3ccccc32)cc(-c2cccc([C@H](N)CO)c2)c1. The maximum atomic E-state index is 13.7. The van der Waals surface area contributed by atoms with Gasteiger partial charge < -0.3 is 30.4 Å². The molecule has 0 aromatic heterocycles. The van der Waals surface area contributed by atoms with Crippen LogP contribution < -0.4 is 20.5 Å². The number of esters is 1. The summed E-state index contributed by atoms with van der Waals surface area (Å²) in [5.74, 6) is 0.769. The quantitative estimate of drug-likeness (QED) is 0.234. The van der Waals surface area contributed by atoms with Gasteiger partial charge in [-0.05, 0) is 58.7 Å². The van der Waals surface area contributed by atoms with E-state index in [9.17, 15) is 14.7 Å². The van der Waals surface area contributed by atoms with Gasteiger partial charge in [-0.3, -0.25) is 9.59 Å². The Kier molecular flexibility index (Phi) is 9.16. The maximum Gasteiger partial charge on any atom is 0.310 e. The van der Waals surface area contributed by atoms with Crippen molar-refractivity contribution in [1.82, 2.24) is 5.32 Å². The summed E-state index contributed by atoms with van der Waals surface area (Å²) in [7, 11) is 1.35. The van der Waals surface area contributed by atoms with E-state index in [1.165, 1.54) is 7.11 Å². The molecule has 1 heterocycles. The highest BCUT2D eigenvalue weighted by molar-refractivity contribution is 5.96. The molecule has 0 radical (unpaired) electrons. The van der Waals surface area contributed by atoms with E-state index >= 15 is 0 Å². The number of aliphatic hydroxyl groups is 1. The Bertz CT molecular complexity index is 1570. The zero-order chi connectivity index (χ0) is 29.5. The van der Waals surface area contributed by atoms with Crippen molar-refractivity contribution < 1.29 is 28.9 Å². The lowest BCUT2D eigenvalue weighted by Gasteiger charge is -2.26. The number of ether oxygens (including phenoxy) is 3. The van der Waals surface area contributed by atoms with Gasteiger partial charge in [0.2, 0.25) is 0 Å². The van der Waals surface area contributed by atoms with Crippen LogP contribution in [0.3, 0.4) is 0 Å². The highest BCUT2D eigenvalue weighted by Gasteiger charge is 2.24. The highest BCUT2D eigenvalue weighted by atomic mass is 16.5. The number of amides is 1. The summed E-state index contributed by atoms with van der Waals surface area (Å²) in [4.78, 5) is 25.6. The van der Waals surface area contributed by atoms with Crippen LogP contribution in [0.5, 0.6) is 11.5 Å². The molecule has 1 aliphatic heterocycles. The Labute approximate surface area is 245 Å². The molecule has 0 unspecified atom stereocenters. The third-order valence-corrected chi connectivity index (χ3v) is 7.29. The molecule has 0 saturated heterocycles. The summed E-state index contributed by atoms with van der Waals surface area (Å²) in [6.45, 7) is 0.509. The van der Waals surface area contributed by atoms with Crippen LogP contribution in [0.4, 0.5) is 0 Å². The van der Waals surface area contributed by atoms with Crippen LogP contribution >= 0.6 is 0 Å². The fourth-order valence-corrected chi connectivity index (χ4v) is 5.04. The van der Waals surface area contributed by atoms with E-state index < -0.39 is 6.04 Å². The second-order valence-electron chi connectivity index (χ2n) is 10.2. The van der Waals surface area contributed by atoms with Gasteiger partial charge in [-0.1, -0.05) is 54.6 Å². The van der Waals surface area contributed by atoms with Crippen molar-refractivity contribution in [1.29, 1.82) is 0 Å².